The third-order valence-corrected chi connectivity index (χ3v) is 6.87. The zero-order chi connectivity index (χ0) is 27.4. The molecule has 0 bridgehead atoms. The summed E-state index contributed by atoms with van der Waals surface area (Å²) in [4.78, 5) is 27.8. The topological polar surface area (TPSA) is 76.1 Å². The van der Waals surface area contributed by atoms with Crippen molar-refractivity contribution in [2.45, 2.75) is 45.8 Å². The molecule has 3 aromatic carbocycles. The highest BCUT2D eigenvalue weighted by Crippen LogP contribution is 2.40. The minimum absolute atomic E-state index is 0.0438. The fourth-order valence-corrected chi connectivity index (χ4v) is 4.69. The summed E-state index contributed by atoms with van der Waals surface area (Å²) in [5.74, 6) is -0.890. The van der Waals surface area contributed by atoms with Gasteiger partial charge in [0.15, 0.2) is 0 Å². The molecule has 0 spiro atoms. The van der Waals surface area contributed by atoms with Crippen LogP contribution in [0.15, 0.2) is 78.4 Å². The number of aliphatic hydroxyl groups excluding tert-OH is 1. The summed E-state index contributed by atoms with van der Waals surface area (Å²) in [5.41, 5.74) is 4.20. The summed E-state index contributed by atoms with van der Waals surface area (Å²) >= 11 is 0. The third kappa shape index (κ3) is 5.65. The predicted molar refractivity (Wildman–Crippen MR) is 148 cm³/mol. The standard InChI is InChI=1S/C32H35NO5/c1-21-19-25(38-20-22-9-7-6-8-10-22)15-16-26(21)29(34)27-28(33(17-18-37-5)31(36)30(27)35)23-11-13-24(14-12-23)32(2,3)4/h6-16,19,28,34H,17-18,20H2,1-5H3/b29-27+/t28-/m1/s1. The second-order valence-electron chi connectivity index (χ2n) is 10.6. The van der Waals surface area contributed by atoms with Crippen molar-refractivity contribution in [1.82, 2.24) is 4.90 Å². The van der Waals surface area contributed by atoms with E-state index in [2.05, 4.69) is 20.8 Å². The van der Waals surface area contributed by atoms with Crippen LogP contribution in [-0.4, -0.2) is 42.0 Å². The molecule has 0 unspecified atom stereocenters. The maximum Gasteiger partial charge on any atom is 0.295 e. The van der Waals surface area contributed by atoms with Gasteiger partial charge >= 0.3 is 0 Å². The molecule has 0 aliphatic carbocycles. The van der Waals surface area contributed by atoms with Crippen LogP contribution in [0.1, 0.15) is 54.6 Å². The van der Waals surface area contributed by atoms with Crippen molar-refractivity contribution >= 4 is 17.4 Å². The van der Waals surface area contributed by atoms with Crippen LogP contribution in [0.3, 0.4) is 0 Å². The average molecular weight is 514 g/mol. The molecule has 1 amide bonds. The number of likely N-dealkylation sites (tertiary alicyclic amines) is 1. The number of carbonyl (C=O) groups is 2. The smallest absolute Gasteiger partial charge is 0.295 e. The molecular weight excluding hydrogens is 478 g/mol. The van der Waals surface area contributed by atoms with Gasteiger partial charge in [-0.3, -0.25) is 9.59 Å². The number of hydrogen-bond acceptors (Lipinski definition) is 5. The predicted octanol–water partition coefficient (Wildman–Crippen LogP) is 5.94. The molecule has 1 fully saturated rings. The maximum absolute atomic E-state index is 13.3. The number of Topliss-reactive ketones (excluding diaryl/α,β-unsaturated/α-hetero) is 1. The number of aliphatic hydroxyl groups is 1. The molecule has 0 saturated carbocycles. The lowest BCUT2D eigenvalue weighted by Crippen LogP contribution is -2.32. The number of amides is 1. The van der Waals surface area contributed by atoms with Crippen LogP contribution < -0.4 is 4.74 Å². The van der Waals surface area contributed by atoms with Crippen molar-refractivity contribution in [3.8, 4) is 5.75 Å². The van der Waals surface area contributed by atoms with Crippen LogP contribution in [0.5, 0.6) is 5.75 Å². The molecule has 1 saturated heterocycles. The normalized spacial score (nSPS) is 17.2. The summed E-state index contributed by atoms with van der Waals surface area (Å²) in [6, 6.07) is 22.3. The van der Waals surface area contributed by atoms with Crippen LogP contribution in [0, 0.1) is 6.92 Å². The summed E-state index contributed by atoms with van der Waals surface area (Å²) < 4.78 is 11.1. The van der Waals surface area contributed by atoms with E-state index in [1.807, 2.05) is 67.6 Å². The highest BCUT2D eigenvalue weighted by molar-refractivity contribution is 6.46. The third-order valence-electron chi connectivity index (χ3n) is 6.87. The van der Waals surface area contributed by atoms with E-state index in [0.717, 1.165) is 22.3 Å². The Labute approximate surface area is 224 Å². The minimum atomic E-state index is -0.715. The molecule has 1 aliphatic heterocycles. The molecule has 198 valence electrons. The van der Waals surface area contributed by atoms with Crippen molar-refractivity contribution in [3.63, 3.8) is 0 Å². The van der Waals surface area contributed by atoms with Gasteiger partial charge in [0.25, 0.3) is 11.7 Å². The first-order valence-electron chi connectivity index (χ1n) is 12.8. The number of aryl methyl sites for hydroxylation is 1. The highest BCUT2D eigenvalue weighted by Gasteiger charge is 2.46. The maximum atomic E-state index is 13.3. The van der Waals surface area contributed by atoms with E-state index < -0.39 is 17.7 Å². The van der Waals surface area contributed by atoms with Gasteiger partial charge in [0.2, 0.25) is 0 Å². The van der Waals surface area contributed by atoms with E-state index in [0.29, 0.717) is 17.9 Å². The summed E-state index contributed by atoms with van der Waals surface area (Å²) in [6.45, 7) is 9.15. The molecule has 6 nitrogen and oxygen atoms in total. The molecule has 4 rings (SSSR count). The summed E-state index contributed by atoms with van der Waals surface area (Å²) in [5, 5.41) is 11.5. The second kappa shape index (κ2) is 11.2. The SMILES string of the molecule is COCCN1C(=O)C(=O)/C(=C(/O)c2ccc(OCc3ccccc3)cc2C)[C@H]1c1ccc(C(C)(C)C)cc1. The number of rotatable bonds is 8. The van der Waals surface area contributed by atoms with Gasteiger partial charge in [0.1, 0.15) is 18.1 Å². The Morgan fingerprint density at radius 3 is 2.26 bits per heavy atom. The number of methoxy groups -OCH3 is 1. The van der Waals surface area contributed by atoms with E-state index in [1.165, 1.54) is 4.90 Å². The monoisotopic (exact) mass is 513 g/mol. The Kier molecular flexibility index (Phi) is 8.02. The molecule has 3 aromatic rings. The first kappa shape index (κ1) is 27.1. The van der Waals surface area contributed by atoms with Gasteiger partial charge in [-0.15, -0.1) is 0 Å². The van der Waals surface area contributed by atoms with E-state index >= 15 is 0 Å². The van der Waals surface area contributed by atoms with Crippen molar-refractivity contribution in [2.24, 2.45) is 0 Å². The zero-order valence-corrected chi connectivity index (χ0v) is 22.7. The Balaban J connectivity index is 1.71. The minimum Gasteiger partial charge on any atom is -0.507 e. The fourth-order valence-electron chi connectivity index (χ4n) is 4.69. The molecule has 0 radical (unpaired) electrons. The van der Waals surface area contributed by atoms with Gasteiger partial charge in [0.05, 0.1) is 18.2 Å². The van der Waals surface area contributed by atoms with Crippen LogP contribution >= 0.6 is 0 Å². The van der Waals surface area contributed by atoms with Crippen LogP contribution in [-0.2, 0) is 26.3 Å². The van der Waals surface area contributed by atoms with Crippen LogP contribution in [0.2, 0.25) is 0 Å². The number of hydrogen-bond donors (Lipinski definition) is 1. The number of ether oxygens (including phenoxy) is 2. The molecular formula is C32H35NO5. The lowest BCUT2D eigenvalue weighted by Gasteiger charge is -2.26. The average Bonchev–Trinajstić information content (AvgIpc) is 3.15. The molecule has 1 heterocycles. The van der Waals surface area contributed by atoms with Crippen molar-refractivity contribution in [1.29, 1.82) is 0 Å². The fraction of sp³-hybridized carbons (Fsp3) is 0.312. The van der Waals surface area contributed by atoms with Crippen molar-refractivity contribution in [3.05, 3.63) is 106 Å². The lowest BCUT2D eigenvalue weighted by atomic mass is 9.85. The Morgan fingerprint density at radius 1 is 0.974 bits per heavy atom. The number of nitrogens with zero attached hydrogens (tertiary/aromatic N) is 1. The Morgan fingerprint density at radius 2 is 1.66 bits per heavy atom. The molecule has 1 N–H and O–H groups in total. The highest BCUT2D eigenvalue weighted by atomic mass is 16.5. The Hall–Kier alpha value is -3.90. The first-order chi connectivity index (χ1) is 18.1. The van der Waals surface area contributed by atoms with Crippen molar-refractivity contribution < 1.29 is 24.2 Å². The zero-order valence-electron chi connectivity index (χ0n) is 22.7. The van der Waals surface area contributed by atoms with Gasteiger partial charge in [-0.2, -0.15) is 0 Å². The lowest BCUT2D eigenvalue weighted by molar-refractivity contribution is -0.140. The Bertz CT molecular complexity index is 1340. The van der Waals surface area contributed by atoms with Gasteiger partial charge in [0, 0.05) is 19.2 Å². The number of carbonyl (C=O) groups excluding carboxylic acids is 2. The van der Waals surface area contributed by atoms with Gasteiger partial charge in [-0.05, 0) is 52.8 Å². The molecule has 0 aromatic heterocycles. The van der Waals surface area contributed by atoms with Crippen molar-refractivity contribution in [2.75, 3.05) is 20.3 Å². The largest absolute Gasteiger partial charge is 0.507 e. The first-order valence-corrected chi connectivity index (χ1v) is 12.8. The van der Waals surface area contributed by atoms with E-state index in [9.17, 15) is 14.7 Å². The van der Waals surface area contributed by atoms with Gasteiger partial charge in [-0.25, -0.2) is 0 Å². The van der Waals surface area contributed by atoms with E-state index in [-0.39, 0.29) is 29.9 Å². The van der Waals surface area contributed by atoms with Crippen LogP contribution in [0.4, 0.5) is 0 Å². The number of benzene rings is 3. The quantitative estimate of drug-likeness (QED) is 0.229. The molecule has 6 heteroatoms. The summed E-state index contributed by atoms with van der Waals surface area (Å²) in [6.07, 6.45) is 0. The molecule has 1 aliphatic rings. The van der Waals surface area contributed by atoms with E-state index in [1.54, 1.807) is 19.2 Å². The second-order valence-corrected chi connectivity index (χ2v) is 10.6. The van der Waals surface area contributed by atoms with Crippen LogP contribution in [0.25, 0.3) is 5.76 Å². The molecule has 1 atom stereocenters. The van der Waals surface area contributed by atoms with Gasteiger partial charge < -0.3 is 19.5 Å². The van der Waals surface area contributed by atoms with Gasteiger partial charge in [-0.1, -0.05) is 75.4 Å². The molecule has 38 heavy (non-hydrogen) atoms. The number of ketones is 1. The van der Waals surface area contributed by atoms with E-state index in [4.69, 9.17) is 9.47 Å². The summed E-state index contributed by atoms with van der Waals surface area (Å²) in [7, 11) is 1.55.